The average molecular weight is 308 g/mol. The van der Waals surface area contributed by atoms with Crippen LogP contribution >= 0.6 is 0 Å². The zero-order valence-corrected chi connectivity index (χ0v) is 13.0. The Hall–Kier alpha value is -2.33. The number of para-hydroxylation sites is 1. The van der Waals surface area contributed by atoms with Gasteiger partial charge in [0.2, 0.25) is 5.91 Å². The van der Waals surface area contributed by atoms with Crippen LogP contribution in [0.1, 0.15) is 34.7 Å². The number of nitrogens with zero attached hydrogens (tertiary/aromatic N) is 1. The van der Waals surface area contributed by atoms with Gasteiger partial charge in [0.25, 0.3) is 0 Å². The predicted molar refractivity (Wildman–Crippen MR) is 89.6 cm³/mol. The third kappa shape index (κ3) is 2.59. The summed E-state index contributed by atoms with van der Waals surface area (Å²) in [5, 5.41) is 4.42. The minimum absolute atomic E-state index is 0.107. The Morgan fingerprint density at radius 1 is 1.13 bits per heavy atom. The number of hydrogen-bond donors (Lipinski definition) is 1. The number of carbonyl (C=O) groups is 1. The van der Waals surface area contributed by atoms with Crippen molar-refractivity contribution in [3.05, 3.63) is 59.7 Å². The van der Waals surface area contributed by atoms with Gasteiger partial charge in [-0.05, 0) is 49.4 Å². The van der Waals surface area contributed by atoms with Crippen molar-refractivity contribution in [2.24, 2.45) is 0 Å². The fourth-order valence-electron chi connectivity index (χ4n) is 3.57. The van der Waals surface area contributed by atoms with E-state index in [0.29, 0.717) is 13.1 Å². The lowest BCUT2D eigenvalue weighted by atomic mass is 9.95. The van der Waals surface area contributed by atoms with Crippen LogP contribution in [0.5, 0.6) is 0 Å². The van der Waals surface area contributed by atoms with E-state index < -0.39 is 0 Å². The van der Waals surface area contributed by atoms with Crippen molar-refractivity contribution < 1.29 is 9.21 Å². The van der Waals surface area contributed by atoms with Gasteiger partial charge in [-0.25, -0.2) is 0 Å². The lowest BCUT2D eigenvalue weighted by molar-refractivity contribution is 0.0913. The molecule has 1 aliphatic carbocycles. The van der Waals surface area contributed by atoms with Crippen LogP contribution in [0.3, 0.4) is 0 Å². The van der Waals surface area contributed by atoms with Crippen LogP contribution in [0.2, 0.25) is 0 Å². The van der Waals surface area contributed by atoms with Crippen LogP contribution < -0.4 is 5.32 Å². The fraction of sp³-hybridized carbons (Fsp3) is 0.316. The standard InChI is InChI=1S/C19H20N2O2/c22-19(13-20-12-14-6-5-11-23-14)21-17-9-3-1-7-15(17)16-8-2-4-10-18(16)21/h1,3,5-7,9,11,20H,2,4,8,10,12-13H2. The highest BCUT2D eigenvalue weighted by atomic mass is 16.3. The predicted octanol–water partition coefficient (Wildman–Crippen LogP) is 3.54. The van der Waals surface area contributed by atoms with Crippen LogP contribution in [0.25, 0.3) is 10.9 Å². The van der Waals surface area contributed by atoms with Gasteiger partial charge in [0, 0.05) is 11.1 Å². The molecule has 0 spiro atoms. The molecule has 3 aromatic rings. The SMILES string of the molecule is O=C(CNCc1ccco1)n1c2c(c3ccccc31)CCCC2. The molecule has 0 fully saturated rings. The highest BCUT2D eigenvalue weighted by molar-refractivity contribution is 5.97. The fourth-order valence-corrected chi connectivity index (χ4v) is 3.57. The topological polar surface area (TPSA) is 47.2 Å². The van der Waals surface area contributed by atoms with Gasteiger partial charge in [-0.2, -0.15) is 0 Å². The number of rotatable bonds is 4. The Labute approximate surface area is 135 Å². The molecule has 0 aliphatic heterocycles. The molecule has 0 unspecified atom stereocenters. The van der Waals surface area contributed by atoms with Crippen LogP contribution in [-0.2, 0) is 19.4 Å². The van der Waals surface area contributed by atoms with Crippen molar-refractivity contribution in [2.75, 3.05) is 6.54 Å². The molecule has 0 bridgehead atoms. The van der Waals surface area contributed by atoms with Crippen molar-refractivity contribution in [1.82, 2.24) is 9.88 Å². The maximum Gasteiger partial charge on any atom is 0.245 e. The number of aryl methyl sites for hydroxylation is 1. The summed E-state index contributed by atoms with van der Waals surface area (Å²) in [4.78, 5) is 12.8. The van der Waals surface area contributed by atoms with Gasteiger partial charge in [0.15, 0.2) is 0 Å². The largest absolute Gasteiger partial charge is 0.468 e. The summed E-state index contributed by atoms with van der Waals surface area (Å²) >= 11 is 0. The van der Waals surface area contributed by atoms with Crippen molar-refractivity contribution in [3.63, 3.8) is 0 Å². The van der Waals surface area contributed by atoms with E-state index in [0.717, 1.165) is 30.5 Å². The third-order valence-corrected chi connectivity index (χ3v) is 4.58. The van der Waals surface area contributed by atoms with Crippen LogP contribution in [0.4, 0.5) is 0 Å². The monoisotopic (exact) mass is 308 g/mol. The Kier molecular flexibility index (Phi) is 3.75. The molecule has 23 heavy (non-hydrogen) atoms. The summed E-state index contributed by atoms with van der Waals surface area (Å²) in [6, 6.07) is 12.0. The molecule has 2 aromatic heterocycles. The minimum atomic E-state index is 0.107. The maximum atomic E-state index is 12.8. The highest BCUT2D eigenvalue weighted by Gasteiger charge is 2.22. The summed E-state index contributed by atoms with van der Waals surface area (Å²) in [6.45, 7) is 0.881. The van der Waals surface area contributed by atoms with E-state index in [2.05, 4.69) is 23.5 Å². The van der Waals surface area contributed by atoms with Gasteiger partial charge in [0.05, 0.1) is 24.9 Å². The van der Waals surface area contributed by atoms with Crippen molar-refractivity contribution in [2.45, 2.75) is 32.2 Å². The van der Waals surface area contributed by atoms with E-state index in [1.807, 2.05) is 22.8 Å². The van der Waals surface area contributed by atoms with E-state index in [9.17, 15) is 4.79 Å². The lowest BCUT2D eigenvalue weighted by Gasteiger charge is -2.15. The minimum Gasteiger partial charge on any atom is -0.468 e. The van der Waals surface area contributed by atoms with Crippen molar-refractivity contribution in [1.29, 1.82) is 0 Å². The number of furan rings is 1. The van der Waals surface area contributed by atoms with Crippen LogP contribution in [-0.4, -0.2) is 17.0 Å². The van der Waals surface area contributed by atoms with Crippen LogP contribution in [0.15, 0.2) is 47.1 Å². The van der Waals surface area contributed by atoms with Crippen molar-refractivity contribution >= 4 is 16.8 Å². The Morgan fingerprint density at radius 3 is 2.87 bits per heavy atom. The molecule has 1 aliphatic rings. The molecule has 1 aromatic carbocycles. The molecule has 0 saturated carbocycles. The maximum absolute atomic E-state index is 12.8. The Morgan fingerprint density at radius 2 is 2.00 bits per heavy atom. The summed E-state index contributed by atoms with van der Waals surface area (Å²) in [5.74, 6) is 0.952. The second-order valence-electron chi connectivity index (χ2n) is 6.06. The molecule has 2 heterocycles. The van der Waals surface area contributed by atoms with Gasteiger partial charge in [0.1, 0.15) is 5.76 Å². The van der Waals surface area contributed by atoms with Crippen LogP contribution in [0, 0.1) is 0 Å². The molecule has 0 saturated heterocycles. The normalized spacial score (nSPS) is 14.1. The number of aromatic nitrogens is 1. The first-order valence-electron chi connectivity index (χ1n) is 8.22. The number of carbonyl (C=O) groups excluding carboxylic acids is 1. The summed E-state index contributed by atoms with van der Waals surface area (Å²) in [5.41, 5.74) is 3.62. The zero-order valence-electron chi connectivity index (χ0n) is 13.0. The summed E-state index contributed by atoms with van der Waals surface area (Å²) in [6.07, 6.45) is 6.10. The summed E-state index contributed by atoms with van der Waals surface area (Å²) < 4.78 is 7.22. The molecule has 0 atom stereocenters. The molecule has 4 rings (SSSR count). The second-order valence-corrected chi connectivity index (χ2v) is 6.06. The van der Waals surface area contributed by atoms with E-state index in [-0.39, 0.29) is 5.91 Å². The average Bonchev–Trinajstić information content (AvgIpc) is 3.20. The van der Waals surface area contributed by atoms with Gasteiger partial charge in [-0.3, -0.25) is 9.36 Å². The van der Waals surface area contributed by atoms with E-state index in [1.54, 1.807) is 6.26 Å². The molecule has 118 valence electrons. The number of benzene rings is 1. The van der Waals surface area contributed by atoms with Crippen molar-refractivity contribution in [3.8, 4) is 0 Å². The molecule has 1 N–H and O–H groups in total. The molecule has 4 heteroatoms. The smallest absolute Gasteiger partial charge is 0.245 e. The van der Waals surface area contributed by atoms with E-state index in [1.165, 1.54) is 23.1 Å². The van der Waals surface area contributed by atoms with E-state index >= 15 is 0 Å². The quantitative estimate of drug-likeness (QED) is 0.802. The van der Waals surface area contributed by atoms with Gasteiger partial charge in [-0.1, -0.05) is 18.2 Å². The molecule has 0 radical (unpaired) electrons. The number of fused-ring (bicyclic) bond motifs is 3. The molecule has 4 nitrogen and oxygen atoms in total. The van der Waals surface area contributed by atoms with Gasteiger partial charge < -0.3 is 9.73 Å². The van der Waals surface area contributed by atoms with E-state index in [4.69, 9.17) is 4.42 Å². The molecular weight excluding hydrogens is 288 g/mol. The van der Waals surface area contributed by atoms with Gasteiger partial charge in [-0.15, -0.1) is 0 Å². The first kappa shape index (κ1) is 14.3. The van der Waals surface area contributed by atoms with Gasteiger partial charge >= 0.3 is 0 Å². The first-order valence-corrected chi connectivity index (χ1v) is 8.22. The second kappa shape index (κ2) is 6.05. The molecular formula is C19H20N2O2. The first-order chi connectivity index (χ1) is 11.3. The Balaban J connectivity index is 1.61. The Bertz CT molecular complexity index is 831. The highest BCUT2D eigenvalue weighted by Crippen LogP contribution is 2.31. The zero-order chi connectivity index (χ0) is 15.6. The lowest BCUT2D eigenvalue weighted by Crippen LogP contribution is -2.28. The number of nitrogens with one attached hydrogen (secondary N) is 1. The third-order valence-electron chi connectivity index (χ3n) is 4.58. The summed E-state index contributed by atoms with van der Waals surface area (Å²) in [7, 11) is 0. The molecule has 0 amide bonds. The number of hydrogen-bond acceptors (Lipinski definition) is 3.